The summed E-state index contributed by atoms with van der Waals surface area (Å²) in [6.07, 6.45) is 5.39. The fourth-order valence-electron chi connectivity index (χ4n) is 2.54. The number of thiazole rings is 1. The Bertz CT molecular complexity index is 485. The summed E-state index contributed by atoms with van der Waals surface area (Å²) in [6.45, 7) is 4.14. The number of carbonyl (C=O) groups is 1. The summed E-state index contributed by atoms with van der Waals surface area (Å²) in [4.78, 5) is 21.7. The van der Waals surface area contributed by atoms with Gasteiger partial charge in [0.15, 0.2) is 5.13 Å². The Labute approximate surface area is 134 Å². The van der Waals surface area contributed by atoms with Crippen LogP contribution in [0.15, 0.2) is 0 Å². The Morgan fingerprint density at radius 2 is 2.19 bits per heavy atom. The summed E-state index contributed by atoms with van der Waals surface area (Å²) in [7, 11) is 1.86. The van der Waals surface area contributed by atoms with Gasteiger partial charge in [0.25, 0.3) is 5.91 Å². The second kappa shape index (κ2) is 7.35. The van der Waals surface area contributed by atoms with Crippen molar-refractivity contribution >= 4 is 40.0 Å². The fraction of sp³-hybridized carbons (Fsp3) is 0.714. The highest BCUT2D eigenvalue weighted by Gasteiger charge is 2.26. The average Bonchev–Trinajstić information content (AvgIpc) is 3.12. The molecular weight excluding hydrogens is 304 g/mol. The Morgan fingerprint density at radius 3 is 2.76 bits per heavy atom. The molecule has 5 nitrogen and oxygen atoms in total. The Kier molecular flexibility index (Phi) is 5.75. The molecule has 1 aromatic heterocycles. The number of hydrogen-bond donors (Lipinski definition) is 1. The number of thioether (sulfide) groups is 1. The van der Waals surface area contributed by atoms with E-state index >= 15 is 0 Å². The lowest BCUT2D eigenvalue weighted by molar-refractivity contribution is 0.0749. The Morgan fingerprint density at radius 1 is 1.52 bits per heavy atom. The number of hydrogen-bond acceptors (Lipinski definition) is 6. The van der Waals surface area contributed by atoms with Crippen LogP contribution in [0.1, 0.15) is 35.9 Å². The van der Waals surface area contributed by atoms with Crippen molar-refractivity contribution in [3.05, 3.63) is 4.88 Å². The van der Waals surface area contributed by atoms with E-state index in [4.69, 9.17) is 5.73 Å². The second-order valence-corrected chi connectivity index (χ2v) is 7.23. The molecule has 21 heavy (non-hydrogen) atoms. The largest absolute Gasteiger partial charge is 0.382 e. The topological polar surface area (TPSA) is 62.5 Å². The van der Waals surface area contributed by atoms with Crippen LogP contribution in [-0.2, 0) is 0 Å². The van der Waals surface area contributed by atoms with Crippen LogP contribution in [0.2, 0.25) is 0 Å². The smallest absolute Gasteiger partial charge is 0.267 e. The van der Waals surface area contributed by atoms with Crippen LogP contribution in [0.4, 0.5) is 10.9 Å². The molecule has 1 aliphatic heterocycles. The lowest BCUT2D eigenvalue weighted by atomic mass is 10.2. The highest BCUT2D eigenvalue weighted by molar-refractivity contribution is 7.98. The number of aromatic nitrogens is 1. The van der Waals surface area contributed by atoms with Crippen molar-refractivity contribution in [1.29, 1.82) is 0 Å². The van der Waals surface area contributed by atoms with Gasteiger partial charge in [-0.15, -0.1) is 0 Å². The zero-order valence-electron chi connectivity index (χ0n) is 13.0. The lowest BCUT2D eigenvalue weighted by Gasteiger charge is -2.26. The number of carbonyl (C=O) groups excluding carboxylic acids is 1. The molecule has 0 aromatic carbocycles. The third-order valence-corrected chi connectivity index (χ3v) is 5.75. The molecule has 1 fully saturated rings. The number of nitrogens with two attached hydrogens (primary N) is 1. The minimum Gasteiger partial charge on any atom is -0.382 e. The maximum atomic E-state index is 12.7. The molecule has 0 radical (unpaired) electrons. The fourth-order valence-corrected chi connectivity index (χ4v) is 4.40. The third-order valence-electron chi connectivity index (χ3n) is 3.91. The summed E-state index contributed by atoms with van der Waals surface area (Å²) in [5.41, 5.74) is 5.98. The molecule has 1 saturated heterocycles. The second-order valence-electron chi connectivity index (χ2n) is 5.34. The molecule has 1 atom stereocenters. The van der Waals surface area contributed by atoms with Gasteiger partial charge in [0.1, 0.15) is 10.7 Å². The van der Waals surface area contributed by atoms with Crippen LogP contribution in [0, 0.1) is 0 Å². The minimum absolute atomic E-state index is 0.00338. The average molecular weight is 329 g/mol. The highest BCUT2D eigenvalue weighted by Crippen LogP contribution is 2.31. The molecule has 2 heterocycles. The van der Waals surface area contributed by atoms with E-state index in [2.05, 4.69) is 23.1 Å². The van der Waals surface area contributed by atoms with E-state index in [1.165, 1.54) is 24.2 Å². The van der Waals surface area contributed by atoms with Crippen molar-refractivity contribution in [1.82, 2.24) is 9.88 Å². The number of anilines is 2. The van der Waals surface area contributed by atoms with E-state index in [9.17, 15) is 4.79 Å². The quantitative estimate of drug-likeness (QED) is 0.869. The van der Waals surface area contributed by atoms with Gasteiger partial charge in [-0.1, -0.05) is 18.3 Å². The van der Waals surface area contributed by atoms with Gasteiger partial charge >= 0.3 is 0 Å². The summed E-state index contributed by atoms with van der Waals surface area (Å²) in [5, 5.41) is 0.889. The molecule has 1 unspecified atom stereocenters. The van der Waals surface area contributed by atoms with Gasteiger partial charge in [-0.2, -0.15) is 11.8 Å². The molecule has 1 aliphatic rings. The van der Waals surface area contributed by atoms with Gasteiger partial charge in [-0.3, -0.25) is 4.79 Å². The van der Waals surface area contributed by atoms with Crippen LogP contribution in [0.25, 0.3) is 0 Å². The van der Waals surface area contributed by atoms with Crippen molar-refractivity contribution in [3.8, 4) is 0 Å². The van der Waals surface area contributed by atoms with E-state index in [0.717, 1.165) is 30.4 Å². The van der Waals surface area contributed by atoms with Crippen LogP contribution in [-0.4, -0.2) is 54.0 Å². The summed E-state index contributed by atoms with van der Waals surface area (Å²) >= 11 is 3.19. The van der Waals surface area contributed by atoms with Crippen molar-refractivity contribution in [2.45, 2.75) is 32.2 Å². The lowest BCUT2D eigenvalue weighted by Crippen LogP contribution is -2.38. The van der Waals surface area contributed by atoms with Gasteiger partial charge in [-0.25, -0.2) is 4.98 Å². The predicted octanol–water partition coefficient (Wildman–Crippen LogP) is 2.54. The predicted molar refractivity (Wildman–Crippen MR) is 92.5 cm³/mol. The first kappa shape index (κ1) is 16.4. The van der Waals surface area contributed by atoms with Gasteiger partial charge in [0.05, 0.1) is 0 Å². The van der Waals surface area contributed by atoms with Crippen LogP contribution >= 0.6 is 23.1 Å². The maximum Gasteiger partial charge on any atom is 0.267 e. The van der Waals surface area contributed by atoms with Crippen LogP contribution in [0.5, 0.6) is 0 Å². The molecule has 118 valence electrons. The van der Waals surface area contributed by atoms with Crippen molar-refractivity contribution in [2.24, 2.45) is 0 Å². The third kappa shape index (κ3) is 3.63. The van der Waals surface area contributed by atoms with E-state index in [0.29, 0.717) is 10.7 Å². The van der Waals surface area contributed by atoms with Gasteiger partial charge in [0.2, 0.25) is 0 Å². The van der Waals surface area contributed by atoms with Crippen molar-refractivity contribution < 1.29 is 4.79 Å². The molecular formula is C14H24N4OS2. The minimum atomic E-state index is -0.00338. The number of nitrogens with zero attached hydrogens (tertiary/aromatic N) is 3. The maximum absolute atomic E-state index is 12.7. The normalized spacial score (nSPS) is 16.2. The van der Waals surface area contributed by atoms with E-state index in [1.807, 2.05) is 11.9 Å². The van der Waals surface area contributed by atoms with Crippen molar-refractivity contribution in [3.63, 3.8) is 0 Å². The van der Waals surface area contributed by atoms with E-state index in [1.54, 1.807) is 11.8 Å². The molecule has 1 aromatic rings. The highest BCUT2D eigenvalue weighted by atomic mass is 32.2. The molecule has 0 saturated carbocycles. The van der Waals surface area contributed by atoms with Gasteiger partial charge < -0.3 is 15.5 Å². The molecule has 2 rings (SSSR count). The first-order chi connectivity index (χ1) is 10.1. The summed E-state index contributed by atoms with van der Waals surface area (Å²) in [6, 6.07) is 0.240. The first-order valence-electron chi connectivity index (χ1n) is 7.35. The van der Waals surface area contributed by atoms with Gasteiger partial charge in [-0.05, 0) is 25.5 Å². The molecule has 0 spiro atoms. The molecule has 1 amide bonds. The zero-order chi connectivity index (χ0) is 15.4. The summed E-state index contributed by atoms with van der Waals surface area (Å²) in [5.74, 6) is 1.31. The SMILES string of the molecule is CCC(CSC)N(C)C(=O)c1sc(N2CCCC2)nc1N. The number of rotatable bonds is 6. The van der Waals surface area contributed by atoms with Crippen molar-refractivity contribution in [2.75, 3.05) is 42.8 Å². The molecule has 0 aliphatic carbocycles. The molecule has 7 heteroatoms. The summed E-state index contributed by atoms with van der Waals surface area (Å²) < 4.78 is 0. The van der Waals surface area contributed by atoms with Crippen LogP contribution in [0.3, 0.4) is 0 Å². The van der Waals surface area contributed by atoms with E-state index in [-0.39, 0.29) is 11.9 Å². The van der Waals surface area contributed by atoms with E-state index < -0.39 is 0 Å². The first-order valence-corrected chi connectivity index (χ1v) is 9.56. The number of amides is 1. The Balaban J connectivity index is 2.14. The monoisotopic (exact) mass is 328 g/mol. The van der Waals surface area contributed by atoms with Gasteiger partial charge in [0, 0.05) is 31.9 Å². The van der Waals surface area contributed by atoms with Crippen LogP contribution < -0.4 is 10.6 Å². The Hall–Kier alpha value is -0.950. The standard InChI is InChI=1S/C14H24N4OS2/c1-4-10(9-20-3)17(2)13(19)11-12(15)16-14(21-11)18-7-5-6-8-18/h10H,4-9,15H2,1-3H3. The molecule has 0 bridgehead atoms. The molecule has 2 N–H and O–H groups in total. The zero-order valence-corrected chi connectivity index (χ0v) is 14.6. The number of nitrogen functional groups attached to an aromatic ring is 1.